The second-order valence-electron chi connectivity index (χ2n) is 4.81. The van der Waals surface area contributed by atoms with Crippen molar-refractivity contribution in [2.45, 2.75) is 45.6 Å². The normalized spacial score (nSPS) is 18.7. The molecular weight excluding hydrogens is 220 g/mol. The van der Waals surface area contributed by atoms with Crippen LogP contribution in [0.5, 0.6) is 0 Å². The van der Waals surface area contributed by atoms with Gasteiger partial charge in [0.05, 0.1) is 11.9 Å². The maximum absolute atomic E-state index is 5.91. The number of nitrogens with zero attached hydrogens (tertiary/aromatic N) is 1. The molecule has 0 spiro atoms. The van der Waals surface area contributed by atoms with Crippen molar-refractivity contribution in [1.82, 2.24) is 4.98 Å². The molecule has 1 saturated carbocycles. The van der Waals surface area contributed by atoms with Crippen molar-refractivity contribution in [3.05, 3.63) is 23.0 Å². The number of pyridine rings is 1. The van der Waals surface area contributed by atoms with Gasteiger partial charge in [-0.05, 0) is 44.2 Å². The maximum Gasteiger partial charge on any atom is 0.132 e. The zero-order chi connectivity index (χ0) is 11.5. The Balaban J connectivity index is 1.99. The zero-order valence-electron chi connectivity index (χ0n) is 9.96. The van der Waals surface area contributed by atoms with Gasteiger partial charge in [-0.2, -0.15) is 0 Å². The van der Waals surface area contributed by atoms with E-state index >= 15 is 0 Å². The lowest BCUT2D eigenvalue weighted by molar-refractivity contribution is 0.482. The van der Waals surface area contributed by atoms with Gasteiger partial charge in [0.2, 0.25) is 0 Å². The zero-order valence-corrected chi connectivity index (χ0v) is 10.7. The number of halogens is 1. The fourth-order valence-corrected chi connectivity index (χ4v) is 2.58. The molecule has 0 amide bonds. The molecule has 1 N–H and O–H groups in total. The molecule has 88 valence electrons. The highest BCUT2D eigenvalue weighted by Crippen LogP contribution is 2.29. The van der Waals surface area contributed by atoms with Crippen molar-refractivity contribution in [2.75, 3.05) is 5.32 Å². The van der Waals surface area contributed by atoms with Crippen LogP contribution in [-0.2, 0) is 0 Å². The fourth-order valence-electron chi connectivity index (χ4n) is 2.48. The fraction of sp³-hybridized carbons (Fsp3) is 0.615. The Kier molecular flexibility index (Phi) is 3.70. The molecule has 1 unspecified atom stereocenters. The molecule has 0 bridgehead atoms. The van der Waals surface area contributed by atoms with E-state index in [1.54, 1.807) is 0 Å². The molecule has 1 aromatic heterocycles. The lowest BCUT2D eigenvalue weighted by atomic mass is 10.00. The van der Waals surface area contributed by atoms with Crippen LogP contribution < -0.4 is 5.32 Å². The average molecular weight is 239 g/mol. The molecular formula is C13H19ClN2. The van der Waals surface area contributed by atoms with Crippen LogP contribution in [0.2, 0.25) is 5.15 Å². The highest BCUT2D eigenvalue weighted by Gasteiger charge is 2.21. The van der Waals surface area contributed by atoms with Crippen LogP contribution in [0.1, 0.15) is 38.2 Å². The predicted molar refractivity (Wildman–Crippen MR) is 69.0 cm³/mol. The Morgan fingerprint density at radius 3 is 2.75 bits per heavy atom. The molecule has 1 aromatic rings. The van der Waals surface area contributed by atoms with Crippen LogP contribution in [0.25, 0.3) is 0 Å². The predicted octanol–water partition coefficient (Wildman–Crippen LogP) is 4.03. The maximum atomic E-state index is 5.91. The third-order valence-electron chi connectivity index (χ3n) is 3.52. The van der Waals surface area contributed by atoms with E-state index in [9.17, 15) is 0 Å². The third-order valence-corrected chi connectivity index (χ3v) is 3.91. The molecule has 2 rings (SSSR count). The Morgan fingerprint density at radius 2 is 2.12 bits per heavy atom. The highest BCUT2D eigenvalue weighted by molar-refractivity contribution is 6.30. The highest BCUT2D eigenvalue weighted by atomic mass is 35.5. The van der Waals surface area contributed by atoms with Gasteiger partial charge in [-0.1, -0.05) is 24.4 Å². The standard InChI is InChI=1S/C13H19ClN2/c1-9-7-12(8-15-13(9)14)16-10(2)11-5-3-4-6-11/h7-8,10-11,16H,3-6H2,1-2H3. The molecule has 16 heavy (non-hydrogen) atoms. The van der Waals surface area contributed by atoms with Crippen molar-refractivity contribution in [3.63, 3.8) is 0 Å². The Morgan fingerprint density at radius 1 is 1.44 bits per heavy atom. The molecule has 0 saturated heterocycles. The summed E-state index contributed by atoms with van der Waals surface area (Å²) < 4.78 is 0. The van der Waals surface area contributed by atoms with Crippen molar-refractivity contribution in [3.8, 4) is 0 Å². The molecule has 3 heteroatoms. The average Bonchev–Trinajstić information content (AvgIpc) is 2.77. The first-order valence-corrected chi connectivity index (χ1v) is 6.43. The lowest BCUT2D eigenvalue weighted by Crippen LogP contribution is -2.23. The second kappa shape index (κ2) is 5.05. The number of anilines is 1. The van der Waals surface area contributed by atoms with Crippen LogP contribution in [0.3, 0.4) is 0 Å². The number of hydrogen-bond donors (Lipinski definition) is 1. The number of aromatic nitrogens is 1. The lowest BCUT2D eigenvalue weighted by Gasteiger charge is -2.21. The quantitative estimate of drug-likeness (QED) is 0.805. The number of nitrogens with one attached hydrogen (secondary N) is 1. The van der Waals surface area contributed by atoms with Crippen molar-refractivity contribution in [2.24, 2.45) is 5.92 Å². The van der Waals surface area contributed by atoms with Crippen LogP contribution in [0, 0.1) is 12.8 Å². The Labute approximate surface area is 102 Å². The number of hydrogen-bond acceptors (Lipinski definition) is 2. The van der Waals surface area contributed by atoms with E-state index < -0.39 is 0 Å². The van der Waals surface area contributed by atoms with Crippen LogP contribution >= 0.6 is 11.6 Å². The minimum absolute atomic E-state index is 0.532. The van der Waals surface area contributed by atoms with Crippen molar-refractivity contribution >= 4 is 17.3 Å². The van der Waals surface area contributed by atoms with Gasteiger partial charge in [-0.25, -0.2) is 4.98 Å². The van der Waals surface area contributed by atoms with Gasteiger partial charge in [0, 0.05) is 6.04 Å². The monoisotopic (exact) mass is 238 g/mol. The van der Waals surface area contributed by atoms with E-state index in [0.717, 1.165) is 17.2 Å². The molecule has 1 heterocycles. The molecule has 1 aliphatic carbocycles. The van der Waals surface area contributed by atoms with E-state index in [2.05, 4.69) is 23.3 Å². The summed E-state index contributed by atoms with van der Waals surface area (Å²) >= 11 is 5.91. The van der Waals surface area contributed by atoms with Crippen LogP contribution in [-0.4, -0.2) is 11.0 Å². The smallest absolute Gasteiger partial charge is 0.132 e. The van der Waals surface area contributed by atoms with Crippen molar-refractivity contribution < 1.29 is 0 Å². The van der Waals surface area contributed by atoms with E-state index in [4.69, 9.17) is 11.6 Å². The van der Waals surface area contributed by atoms with Gasteiger partial charge >= 0.3 is 0 Å². The van der Waals surface area contributed by atoms with E-state index in [1.807, 2.05) is 13.1 Å². The number of aryl methyl sites for hydroxylation is 1. The first-order valence-electron chi connectivity index (χ1n) is 6.05. The van der Waals surface area contributed by atoms with Gasteiger partial charge in [-0.15, -0.1) is 0 Å². The first-order chi connectivity index (χ1) is 7.66. The summed E-state index contributed by atoms with van der Waals surface area (Å²) in [7, 11) is 0. The Bertz CT molecular complexity index is 359. The molecule has 2 nitrogen and oxygen atoms in total. The van der Waals surface area contributed by atoms with Crippen molar-refractivity contribution in [1.29, 1.82) is 0 Å². The summed E-state index contributed by atoms with van der Waals surface area (Å²) in [6.07, 6.45) is 7.30. The minimum atomic E-state index is 0.532. The minimum Gasteiger partial charge on any atom is -0.381 e. The largest absolute Gasteiger partial charge is 0.381 e. The van der Waals surface area contributed by atoms with E-state index in [-0.39, 0.29) is 0 Å². The summed E-state index contributed by atoms with van der Waals surface area (Å²) in [5.74, 6) is 0.816. The summed E-state index contributed by atoms with van der Waals surface area (Å²) in [6, 6.07) is 2.60. The summed E-state index contributed by atoms with van der Waals surface area (Å²) in [5, 5.41) is 4.13. The molecule has 0 radical (unpaired) electrons. The molecule has 0 aliphatic heterocycles. The summed E-state index contributed by atoms with van der Waals surface area (Å²) in [4.78, 5) is 4.16. The van der Waals surface area contributed by atoms with Gasteiger partial charge in [0.25, 0.3) is 0 Å². The van der Waals surface area contributed by atoms with Gasteiger partial charge < -0.3 is 5.32 Å². The van der Waals surface area contributed by atoms with Crippen LogP contribution in [0.15, 0.2) is 12.3 Å². The molecule has 1 aliphatic rings. The van der Waals surface area contributed by atoms with E-state index in [0.29, 0.717) is 11.2 Å². The van der Waals surface area contributed by atoms with E-state index in [1.165, 1.54) is 25.7 Å². The first kappa shape index (κ1) is 11.7. The molecule has 1 atom stereocenters. The topological polar surface area (TPSA) is 24.9 Å². The SMILES string of the molecule is Cc1cc(NC(C)C2CCCC2)cnc1Cl. The van der Waals surface area contributed by atoms with Gasteiger partial charge in [0.1, 0.15) is 5.15 Å². The van der Waals surface area contributed by atoms with Crippen LogP contribution in [0.4, 0.5) is 5.69 Å². The second-order valence-corrected chi connectivity index (χ2v) is 5.17. The molecule has 0 aromatic carbocycles. The third kappa shape index (κ3) is 2.67. The Hall–Kier alpha value is -0.760. The van der Waals surface area contributed by atoms with Gasteiger partial charge in [0.15, 0.2) is 0 Å². The summed E-state index contributed by atoms with van der Waals surface area (Å²) in [5.41, 5.74) is 2.12. The summed E-state index contributed by atoms with van der Waals surface area (Å²) in [6.45, 7) is 4.25. The number of rotatable bonds is 3. The van der Waals surface area contributed by atoms with Gasteiger partial charge in [-0.3, -0.25) is 0 Å². The molecule has 1 fully saturated rings.